The third-order valence-corrected chi connectivity index (χ3v) is 9.16. The van der Waals surface area contributed by atoms with Crippen LogP contribution in [-0.4, -0.2) is 43.2 Å². The molecule has 0 spiro atoms. The van der Waals surface area contributed by atoms with E-state index in [1.165, 1.54) is 5.56 Å². The number of aryl methyl sites for hydroxylation is 2. The molecule has 1 amide bonds. The number of fused-ring (bicyclic) bond motifs is 1. The van der Waals surface area contributed by atoms with Gasteiger partial charge in [0, 0.05) is 36.3 Å². The largest absolute Gasteiger partial charge is 0.312 e. The van der Waals surface area contributed by atoms with Gasteiger partial charge in [0.15, 0.2) is 0 Å². The molecule has 172 valence electrons. The summed E-state index contributed by atoms with van der Waals surface area (Å²) in [7, 11) is -3.46. The van der Waals surface area contributed by atoms with Crippen molar-refractivity contribution >= 4 is 33.0 Å². The lowest BCUT2D eigenvalue weighted by atomic mass is 10.0. The molecule has 1 aromatic heterocycles. The van der Waals surface area contributed by atoms with Gasteiger partial charge in [0.25, 0.3) is 0 Å². The van der Waals surface area contributed by atoms with Crippen LogP contribution in [0.3, 0.4) is 0 Å². The molecule has 2 aliphatic heterocycles. The summed E-state index contributed by atoms with van der Waals surface area (Å²) in [5, 5.41) is 2.86. The summed E-state index contributed by atoms with van der Waals surface area (Å²) >= 11 is 1.55. The minimum atomic E-state index is -3.46. The van der Waals surface area contributed by atoms with Crippen LogP contribution in [0.2, 0.25) is 0 Å². The van der Waals surface area contributed by atoms with Crippen molar-refractivity contribution in [3.05, 3.63) is 64.7 Å². The SMILES string of the molecule is Cc1cccc(-c2nc(CC(=O)N3CCCc4cc(S(=O)(=O)N5CCCC5)ccc43)cs2)c1. The summed E-state index contributed by atoms with van der Waals surface area (Å²) in [4.78, 5) is 20.0. The van der Waals surface area contributed by atoms with Crippen molar-refractivity contribution in [3.8, 4) is 10.6 Å². The summed E-state index contributed by atoms with van der Waals surface area (Å²) in [6, 6.07) is 13.4. The predicted molar refractivity (Wildman–Crippen MR) is 131 cm³/mol. The van der Waals surface area contributed by atoms with Crippen LogP contribution in [0.5, 0.6) is 0 Å². The molecule has 5 rings (SSSR count). The molecule has 3 aromatic rings. The highest BCUT2D eigenvalue weighted by Crippen LogP contribution is 2.32. The number of benzene rings is 2. The molecule has 0 saturated carbocycles. The summed E-state index contributed by atoms with van der Waals surface area (Å²) < 4.78 is 27.5. The molecule has 2 aliphatic rings. The van der Waals surface area contributed by atoms with Gasteiger partial charge in [-0.15, -0.1) is 11.3 Å². The van der Waals surface area contributed by atoms with Crippen LogP contribution in [0.15, 0.2) is 52.7 Å². The Labute approximate surface area is 198 Å². The van der Waals surface area contributed by atoms with E-state index in [0.29, 0.717) is 24.5 Å². The lowest BCUT2D eigenvalue weighted by Gasteiger charge is -2.30. The zero-order valence-corrected chi connectivity index (χ0v) is 20.3. The molecule has 8 heteroatoms. The highest BCUT2D eigenvalue weighted by Gasteiger charge is 2.30. The maximum Gasteiger partial charge on any atom is 0.243 e. The maximum absolute atomic E-state index is 13.2. The van der Waals surface area contributed by atoms with Crippen LogP contribution in [0.1, 0.15) is 36.1 Å². The Morgan fingerprint density at radius 3 is 2.67 bits per heavy atom. The van der Waals surface area contributed by atoms with Crippen molar-refractivity contribution in [3.63, 3.8) is 0 Å². The van der Waals surface area contributed by atoms with Gasteiger partial charge in [-0.1, -0.05) is 23.8 Å². The van der Waals surface area contributed by atoms with Crippen LogP contribution in [-0.2, 0) is 27.7 Å². The number of carbonyl (C=O) groups excluding carboxylic acids is 1. The molecule has 1 fully saturated rings. The fourth-order valence-corrected chi connectivity index (χ4v) is 7.00. The Balaban J connectivity index is 1.35. The van der Waals surface area contributed by atoms with Crippen molar-refractivity contribution in [2.75, 3.05) is 24.5 Å². The zero-order valence-electron chi connectivity index (χ0n) is 18.7. The van der Waals surface area contributed by atoms with Gasteiger partial charge in [0.05, 0.1) is 17.0 Å². The second-order valence-corrected chi connectivity index (χ2v) is 11.5. The van der Waals surface area contributed by atoms with Crippen molar-refractivity contribution in [2.45, 2.75) is 43.9 Å². The van der Waals surface area contributed by atoms with Crippen LogP contribution >= 0.6 is 11.3 Å². The third kappa shape index (κ3) is 4.47. The van der Waals surface area contributed by atoms with Crippen molar-refractivity contribution in [2.24, 2.45) is 0 Å². The van der Waals surface area contributed by atoms with E-state index < -0.39 is 10.0 Å². The average Bonchev–Trinajstić information content (AvgIpc) is 3.51. The summed E-state index contributed by atoms with van der Waals surface area (Å²) in [6.07, 6.45) is 3.65. The second-order valence-electron chi connectivity index (χ2n) is 8.74. The Kier molecular flexibility index (Phi) is 6.07. The van der Waals surface area contributed by atoms with E-state index in [1.807, 2.05) is 17.5 Å². The zero-order chi connectivity index (χ0) is 23.0. The third-order valence-electron chi connectivity index (χ3n) is 6.32. The topological polar surface area (TPSA) is 70.6 Å². The number of aromatic nitrogens is 1. The van der Waals surface area contributed by atoms with Gasteiger partial charge in [-0.25, -0.2) is 13.4 Å². The van der Waals surface area contributed by atoms with Gasteiger partial charge in [-0.3, -0.25) is 4.79 Å². The van der Waals surface area contributed by atoms with Gasteiger partial charge < -0.3 is 4.90 Å². The van der Waals surface area contributed by atoms with E-state index in [2.05, 4.69) is 24.0 Å². The highest BCUT2D eigenvalue weighted by molar-refractivity contribution is 7.89. The van der Waals surface area contributed by atoms with Crippen LogP contribution in [0, 0.1) is 6.92 Å². The Morgan fingerprint density at radius 1 is 1.06 bits per heavy atom. The number of hydrogen-bond donors (Lipinski definition) is 0. The first-order valence-electron chi connectivity index (χ1n) is 11.4. The average molecular weight is 482 g/mol. The Bertz CT molecular complexity index is 1290. The molecule has 0 atom stereocenters. The van der Waals surface area contributed by atoms with E-state index in [-0.39, 0.29) is 12.3 Å². The van der Waals surface area contributed by atoms with E-state index in [1.54, 1.807) is 38.7 Å². The molecular formula is C25H27N3O3S2. The maximum atomic E-state index is 13.2. The Hall–Kier alpha value is -2.55. The number of hydrogen-bond acceptors (Lipinski definition) is 5. The van der Waals surface area contributed by atoms with Gasteiger partial charge in [-0.2, -0.15) is 4.31 Å². The van der Waals surface area contributed by atoms with Crippen molar-refractivity contribution in [1.29, 1.82) is 0 Å². The van der Waals surface area contributed by atoms with Gasteiger partial charge in [-0.05, 0) is 62.4 Å². The van der Waals surface area contributed by atoms with Crippen molar-refractivity contribution < 1.29 is 13.2 Å². The number of anilines is 1. The first-order valence-corrected chi connectivity index (χ1v) is 13.7. The van der Waals surface area contributed by atoms with Crippen LogP contribution in [0.4, 0.5) is 5.69 Å². The number of thiazole rings is 1. The molecule has 1 saturated heterocycles. The summed E-state index contributed by atoms with van der Waals surface area (Å²) in [5.41, 5.74) is 4.75. The highest BCUT2D eigenvalue weighted by atomic mass is 32.2. The van der Waals surface area contributed by atoms with E-state index in [9.17, 15) is 13.2 Å². The molecule has 6 nitrogen and oxygen atoms in total. The molecule has 33 heavy (non-hydrogen) atoms. The van der Waals surface area contributed by atoms with Gasteiger partial charge in [0.2, 0.25) is 15.9 Å². The standard InChI is InChI=1S/C25H27N3O3S2/c1-18-6-4-7-20(14-18)25-26-21(17-32-25)16-24(29)28-13-5-8-19-15-22(9-10-23(19)28)33(30,31)27-11-2-3-12-27/h4,6-7,9-10,14-15,17H,2-3,5,8,11-13,16H2,1H3. The minimum absolute atomic E-state index is 0.00723. The molecule has 0 unspecified atom stereocenters. The van der Waals surface area contributed by atoms with Gasteiger partial charge in [0.1, 0.15) is 5.01 Å². The summed E-state index contributed by atoms with van der Waals surface area (Å²) in [5.74, 6) is -0.00723. The van der Waals surface area contributed by atoms with E-state index in [0.717, 1.165) is 53.2 Å². The molecule has 0 bridgehead atoms. The molecule has 0 aliphatic carbocycles. The molecule has 2 aromatic carbocycles. The quantitative estimate of drug-likeness (QED) is 0.541. The monoisotopic (exact) mass is 481 g/mol. The van der Waals surface area contributed by atoms with Crippen LogP contribution < -0.4 is 4.90 Å². The predicted octanol–water partition coefficient (Wildman–Crippen LogP) is 4.42. The fraction of sp³-hybridized carbons (Fsp3) is 0.360. The number of nitrogens with zero attached hydrogens (tertiary/aromatic N) is 3. The Morgan fingerprint density at radius 2 is 1.88 bits per heavy atom. The van der Waals surface area contributed by atoms with Gasteiger partial charge >= 0.3 is 0 Å². The lowest BCUT2D eigenvalue weighted by molar-refractivity contribution is -0.118. The normalized spacial score (nSPS) is 16.7. The van der Waals surface area contributed by atoms with E-state index in [4.69, 9.17) is 0 Å². The number of amides is 1. The molecular weight excluding hydrogens is 454 g/mol. The number of sulfonamides is 1. The number of rotatable bonds is 5. The minimum Gasteiger partial charge on any atom is -0.312 e. The lowest BCUT2D eigenvalue weighted by Crippen LogP contribution is -2.37. The first kappa shape index (κ1) is 22.3. The van der Waals surface area contributed by atoms with Crippen LogP contribution in [0.25, 0.3) is 10.6 Å². The van der Waals surface area contributed by atoms with Crippen molar-refractivity contribution in [1.82, 2.24) is 9.29 Å². The molecule has 0 radical (unpaired) electrons. The second kappa shape index (κ2) is 9.00. The van der Waals surface area contributed by atoms with E-state index >= 15 is 0 Å². The first-order chi connectivity index (χ1) is 15.9. The smallest absolute Gasteiger partial charge is 0.243 e. The number of carbonyl (C=O) groups is 1. The molecule has 0 N–H and O–H groups in total. The summed E-state index contributed by atoms with van der Waals surface area (Å²) in [6.45, 7) is 3.86. The fourth-order valence-electron chi connectivity index (χ4n) is 4.62. The molecule has 3 heterocycles.